The Kier molecular flexibility index (Phi) is 7.81. The molecule has 0 aliphatic rings. The van der Waals surface area contributed by atoms with Crippen molar-refractivity contribution in [1.29, 1.82) is 0 Å². The second-order valence-corrected chi connectivity index (χ2v) is 9.68. The fourth-order valence-corrected chi connectivity index (χ4v) is 5.62. The van der Waals surface area contributed by atoms with Crippen LogP contribution in [-0.2, 0) is 23.5 Å². The Labute approximate surface area is 211 Å². The van der Waals surface area contributed by atoms with Gasteiger partial charge in [-0.2, -0.15) is 0 Å². The summed E-state index contributed by atoms with van der Waals surface area (Å²) in [7, 11) is 1.68. The number of hydrogen-bond acceptors (Lipinski definition) is 5. The van der Waals surface area contributed by atoms with Crippen LogP contribution in [0, 0.1) is 20.8 Å². The molecule has 0 N–H and O–H groups in total. The van der Waals surface area contributed by atoms with E-state index in [1.807, 2.05) is 37.3 Å². The van der Waals surface area contributed by atoms with Crippen LogP contribution in [0.15, 0.2) is 59.8 Å². The lowest BCUT2D eigenvalue weighted by atomic mass is 10.0. The highest BCUT2D eigenvalue weighted by molar-refractivity contribution is 7.98. The van der Waals surface area contributed by atoms with E-state index in [9.17, 15) is 4.79 Å². The molecule has 3 aromatic carbocycles. The van der Waals surface area contributed by atoms with Crippen molar-refractivity contribution in [2.24, 2.45) is 0 Å². The number of ether oxygens (including phenoxy) is 2. The predicted octanol–water partition coefficient (Wildman–Crippen LogP) is 6.68. The highest BCUT2D eigenvalue weighted by Crippen LogP contribution is 2.30. The lowest BCUT2D eigenvalue weighted by Crippen LogP contribution is -2.05. The molecular weight excluding hydrogens is 456 g/mol. The van der Waals surface area contributed by atoms with E-state index in [2.05, 4.69) is 49.6 Å². The summed E-state index contributed by atoms with van der Waals surface area (Å²) < 4.78 is 12.7. The molecule has 0 aliphatic carbocycles. The van der Waals surface area contributed by atoms with Gasteiger partial charge in [0.2, 0.25) is 0 Å². The minimum Gasteiger partial charge on any atom is -0.497 e. The predicted molar refractivity (Wildman–Crippen MR) is 143 cm³/mol. The number of carbonyl (C=O) groups is 1. The zero-order valence-corrected chi connectivity index (χ0v) is 21.9. The van der Waals surface area contributed by atoms with Crippen LogP contribution in [0.4, 0.5) is 0 Å². The number of thioether (sulfide) groups is 1. The molecule has 182 valence electrons. The Bertz CT molecular complexity index is 1320. The molecule has 0 saturated carbocycles. The Hall–Kier alpha value is -3.25. The van der Waals surface area contributed by atoms with E-state index in [4.69, 9.17) is 14.5 Å². The molecule has 35 heavy (non-hydrogen) atoms. The Morgan fingerprint density at radius 3 is 2.37 bits per heavy atom. The molecule has 6 heteroatoms. The number of benzene rings is 3. The number of imidazole rings is 1. The van der Waals surface area contributed by atoms with E-state index >= 15 is 0 Å². The van der Waals surface area contributed by atoms with Crippen LogP contribution >= 0.6 is 11.8 Å². The van der Waals surface area contributed by atoms with Gasteiger partial charge in [-0.3, -0.25) is 0 Å². The molecule has 0 fully saturated rings. The third-order valence-corrected chi connectivity index (χ3v) is 7.20. The van der Waals surface area contributed by atoms with Gasteiger partial charge in [-0.1, -0.05) is 41.6 Å². The third kappa shape index (κ3) is 5.70. The first-order valence-electron chi connectivity index (χ1n) is 11.9. The minimum atomic E-state index is -0.317. The maximum absolute atomic E-state index is 12.3. The lowest BCUT2D eigenvalue weighted by Gasteiger charge is -2.13. The zero-order chi connectivity index (χ0) is 24.9. The lowest BCUT2D eigenvalue weighted by molar-refractivity contribution is 0.0526. The fraction of sp³-hybridized carbons (Fsp3) is 0.310. The van der Waals surface area contributed by atoms with E-state index < -0.39 is 0 Å². The molecule has 0 aliphatic heterocycles. The summed E-state index contributed by atoms with van der Waals surface area (Å²) in [5.41, 5.74) is 8.84. The summed E-state index contributed by atoms with van der Waals surface area (Å²) in [5.74, 6) is 1.38. The quantitative estimate of drug-likeness (QED) is 0.194. The van der Waals surface area contributed by atoms with Gasteiger partial charge >= 0.3 is 5.97 Å². The van der Waals surface area contributed by atoms with Gasteiger partial charge in [0.15, 0.2) is 5.16 Å². The highest BCUT2D eigenvalue weighted by atomic mass is 32.2. The number of nitrogens with zero attached hydrogens (tertiary/aromatic N) is 2. The van der Waals surface area contributed by atoms with E-state index in [1.165, 1.54) is 27.8 Å². The number of fused-ring (bicyclic) bond motifs is 1. The van der Waals surface area contributed by atoms with Crippen molar-refractivity contribution < 1.29 is 14.3 Å². The molecule has 1 heterocycles. The molecule has 1 aromatic heterocycles. The Balaban J connectivity index is 1.65. The van der Waals surface area contributed by atoms with Crippen molar-refractivity contribution in [1.82, 2.24) is 9.55 Å². The normalized spacial score (nSPS) is 11.1. The summed E-state index contributed by atoms with van der Waals surface area (Å²) >= 11 is 1.74. The maximum Gasteiger partial charge on any atom is 0.338 e. The van der Waals surface area contributed by atoms with Crippen molar-refractivity contribution in [2.75, 3.05) is 13.7 Å². The molecule has 4 rings (SSSR count). The average Bonchev–Trinajstić information content (AvgIpc) is 3.19. The smallest absolute Gasteiger partial charge is 0.338 e. The van der Waals surface area contributed by atoms with E-state index in [-0.39, 0.29) is 5.97 Å². The van der Waals surface area contributed by atoms with Crippen molar-refractivity contribution in [3.63, 3.8) is 0 Å². The van der Waals surface area contributed by atoms with Crippen molar-refractivity contribution in [3.05, 3.63) is 88.0 Å². The number of hydrogen-bond donors (Lipinski definition) is 0. The molecule has 0 bridgehead atoms. The van der Waals surface area contributed by atoms with Crippen molar-refractivity contribution in [3.8, 4) is 5.75 Å². The minimum absolute atomic E-state index is 0.317. The first kappa shape index (κ1) is 24.9. The van der Waals surface area contributed by atoms with E-state index in [0.29, 0.717) is 12.2 Å². The highest BCUT2D eigenvalue weighted by Gasteiger charge is 2.16. The van der Waals surface area contributed by atoms with Gasteiger partial charge in [-0.25, -0.2) is 9.78 Å². The second kappa shape index (κ2) is 11.0. The number of aryl methyl sites for hydroxylation is 5. The second-order valence-electron chi connectivity index (χ2n) is 8.73. The molecule has 0 saturated heterocycles. The monoisotopic (exact) mass is 488 g/mol. The maximum atomic E-state index is 12.3. The fourth-order valence-electron chi connectivity index (χ4n) is 4.38. The number of aromatic nitrogens is 2. The number of esters is 1. The number of methoxy groups -OCH3 is 1. The van der Waals surface area contributed by atoms with Gasteiger partial charge < -0.3 is 14.0 Å². The van der Waals surface area contributed by atoms with Gasteiger partial charge in [0.1, 0.15) is 5.75 Å². The molecule has 0 radical (unpaired) electrons. The summed E-state index contributed by atoms with van der Waals surface area (Å²) in [6.07, 6.45) is 0.866. The first-order chi connectivity index (χ1) is 16.9. The van der Waals surface area contributed by atoms with E-state index in [1.54, 1.807) is 18.9 Å². The Morgan fingerprint density at radius 1 is 1.00 bits per heavy atom. The molecule has 0 atom stereocenters. The molecule has 5 nitrogen and oxygen atoms in total. The summed E-state index contributed by atoms with van der Waals surface area (Å²) in [5, 5.41) is 0.953. The van der Waals surface area contributed by atoms with Crippen LogP contribution in [0.3, 0.4) is 0 Å². The van der Waals surface area contributed by atoms with Crippen LogP contribution in [0.5, 0.6) is 5.75 Å². The number of rotatable bonds is 9. The standard InChI is InChI=1S/C29H32N2O3S/c1-6-34-28(32)23-9-12-27-26(17-23)30-29(35-18-25-20(3)15-19(2)16-21(25)4)31(27)14-13-22-7-10-24(33-5)11-8-22/h7-12,15-17H,6,13-14,18H2,1-5H3. The van der Waals surface area contributed by atoms with Gasteiger partial charge in [0, 0.05) is 12.3 Å². The van der Waals surface area contributed by atoms with Crippen molar-refractivity contribution in [2.45, 2.75) is 51.6 Å². The van der Waals surface area contributed by atoms with Gasteiger partial charge in [-0.15, -0.1) is 0 Å². The largest absolute Gasteiger partial charge is 0.497 e. The van der Waals surface area contributed by atoms with Crippen LogP contribution in [0.1, 0.15) is 45.1 Å². The topological polar surface area (TPSA) is 53.3 Å². The zero-order valence-electron chi connectivity index (χ0n) is 21.1. The Morgan fingerprint density at radius 2 is 1.71 bits per heavy atom. The van der Waals surface area contributed by atoms with Gasteiger partial charge in [0.05, 0.1) is 30.3 Å². The summed E-state index contributed by atoms with van der Waals surface area (Å²) in [4.78, 5) is 17.2. The molecule has 0 amide bonds. The van der Waals surface area contributed by atoms with Gasteiger partial charge in [0.25, 0.3) is 0 Å². The summed E-state index contributed by atoms with van der Waals surface area (Å²) in [6.45, 7) is 9.44. The SMILES string of the molecule is CCOC(=O)c1ccc2c(c1)nc(SCc1c(C)cc(C)cc1C)n2CCc1ccc(OC)cc1. The van der Waals surface area contributed by atoms with Crippen LogP contribution in [0.2, 0.25) is 0 Å². The number of carbonyl (C=O) groups excluding carboxylic acids is 1. The average molecular weight is 489 g/mol. The van der Waals surface area contributed by atoms with Crippen LogP contribution in [0.25, 0.3) is 11.0 Å². The van der Waals surface area contributed by atoms with Gasteiger partial charge in [-0.05, 0) is 86.7 Å². The molecule has 0 unspecified atom stereocenters. The third-order valence-electron chi connectivity index (χ3n) is 6.19. The summed E-state index contributed by atoms with van der Waals surface area (Å²) in [6, 6.07) is 18.3. The molecular formula is C29H32N2O3S. The molecule has 4 aromatic rings. The first-order valence-corrected chi connectivity index (χ1v) is 12.9. The van der Waals surface area contributed by atoms with Crippen LogP contribution in [-0.4, -0.2) is 29.2 Å². The van der Waals surface area contributed by atoms with Crippen LogP contribution < -0.4 is 4.74 Å². The van der Waals surface area contributed by atoms with E-state index in [0.717, 1.165) is 40.7 Å². The molecule has 0 spiro atoms. The van der Waals surface area contributed by atoms with Crippen molar-refractivity contribution >= 4 is 28.8 Å².